The lowest BCUT2D eigenvalue weighted by Crippen LogP contribution is -2.20. The molecule has 0 aliphatic carbocycles. The summed E-state index contributed by atoms with van der Waals surface area (Å²) in [5.74, 6) is -0.369. The van der Waals surface area contributed by atoms with Crippen molar-refractivity contribution in [1.29, 1.82) is 0 Å². The number of carbonyl (C=O) groups excluding carboxylic acids is 1. The van der Waals surface area contributed by atoms with Gasteiger partial charge in [0.2, 0.25) is 5.91 Å². The van der Waals surface area contributed by atoms with Crippen LogP contribution >= 0.6 is 11.8 Å². The van der Waals surface area contributed by atoms with E-state index in [0.717, 1.165) is 12.1 Å². The summed E-state index contributed by atoms with van der Waals surface area (Å²) in [4.78, 5) is 31.3. The topological polar surface area (TPSA) is 84.1 Å². The van der Waals surface area contributed by atoms with Gasteiger partial charge in [0.15, 0.2) is 5.16 Å². The van der Waals surface area contributed by atoms with Crippen LogP contribution in [0.4, 0.5) is 18.9 Å². The number of benzene rings is 1. The molecule has 0 atom stereocenters. The molecule has 0 saturated carbocycles. The van der Waals surface area contributed by atoms with Crippen LogP contribution in [0, 0.1) is 6.92 Å². The second-order valence-corrected chi connectivity index (χ2v) is 7.04. The number of nitrogens with zero attached hydrogens (tertiary/aromatic N) is 1. The monoisotopic (exact) mass is 429 g/mol. The van der Waals surface area contributed by atoms with Gasteiger partial charge in [0.25, 0.3) is 5.56 Å². The Balaban J connectivity index is 2.16. The van der Waals surface area contributed by atoms with E-state index < -0.39 is 17.6 Å². The standard InChI is InChI=1S/C19H22F3N3O3S/c1-4-9-28-15-7-5-12(19(20,21)22)10-14(15)24-16(26)8-6-13-11(2)23-18(29-3)25-17(13)27/h5,7,10H,4,6,8-9H2,1-3H3,(H,24,26)(H,23,25,27). The summed E-state index contributed by atoms with van der Waals surface area (Å²) >= 11 is 1.29. The molecular weight excluding hydrogens is 407 g/mol. The summed E-state index contributed by atoms with van der Waals surface area (Å²) in [5.41, 5.74) is -0.400. The number of ether oxygens (including phenoxy) is 1. The van der Waals surface area contributed by atoms with Gasteiger partial charge >= 0.3 is 6.18 Å². The molecule has 1 aromatic heterocycles. The first-order valence-electron chi connectivity index (χ1n) is 8.93. The van der Waals surface area contributed by atoms with Crippen LogP contribution in [0.25, 0.3) is 0 Å². The molecule has 1 heterocycles. The zero-order chi connectivity index (χ0) is 21.6. The van der Waals surface area contributed by atoms with Crippen molar-refractivity contribution in [3.05, 3.63) is 45.4 Å². The van der Waals surface area contributed by atoms with Crippen molar-refractivity contribution < 1.29 is 22.7 Å². The molecule has 29 heavy (non-hydrogen) atoms. The van der Waals surface area contributed by atoms with E-state index in [0.29, 0.717) is 29.4 Å². The first-order chi connectivity index (χ1) is 13.7. The number of aromatic nitrogens is 2. The van der Waals surface area contributed by atoms with E-state index in [4.69, 9.17) is 4.74 Å². The number of hydrogen-bond donors (Lipinski definition) is 2. The number of anilines is 1. The Bertz CT molecular complexity index is 929. The summed E-state index contributed by atoms with van der Waals surface area (Å²) in [5, 5.41) is 2.94. The normalized spacial score (nSPS) is 11.4. The van der Waals surface area contributed by atoms with E-state index in [9.17, 15) is 22.8 Å². The molecule has 1 amide bonds. The maximum atomic E-state index is 13.0. The van der Waals surface area contributed by atoms with E-state index in [1.165, 1.54) is 17.8 Å². The molecule has 6 nitrogen and oxygen atoms in total. The largest absolute Gasteiger partial charge is 0.491 e. The maximum absolute atomic E-state index is 13.0. The smallest absolute Gasteiger partial charge is 0.416 e. The molecule has 1 aromatic carbocycles. The van der Waals surface area contributed by atoms with Crippen molar-refractivity contribution in [1.82, 2.24) is 9.97 Å². The van der Waals surface area contributed by atoms with Gasteiger partial charge in [-0.2, -0.15) is 13.2 Å². The average molecular weight is 429 g/mol. The molecule has 2 N–H and O–H groups in total. The second kappa shape index (κ2) is 9.82. The fourth-order valence-electron chi connectivity index (χ4n) is 2.57. The summed E-state index contributed by atoms with van der Waals surface area (Å²) in [7, 11) is 0. The molecule has 2 rings (SSSR count). The molecular formula is C19H22F3N3O3S. The number of H-pyrrole nitrogens is 1. The predicted molar refractivity (Wildman–Crippen MR) is 106 cm³/mol. The van der Waals surface area contributed by atoms with E-state index in [1.54, 1.807) is 13.2 Å². The highest BCUT2D eigenvalue weighted by Gasteiger charge is 2.31. The lowest BCUT2D eigenvalue weighted by molar-refractivity contribution is -0.137. The van der Waals surface area contributed by atoms with Gasteiger partial charge in [0.05, 0.1) is 17.9 Å². The lowest BCUT2D eigenvalue weighted by atomic mass is 10.1. The van der Waals surface area contributed by atoms with E-state index in [-0.39, 0.29) is 29.8 Å². The van der Waals surface area contributed by atoms with Gasteiger partial charge in [0, 0.05) is 17.7 Å². The number of carbonyl (C=O) groups is 1. The third-order valence-electron chi connectivity index (χ3n) is 4.04. The summed E-state index contributed by atoms with van der Waals surface area (Å²) in [6.45, 7) is 3.83. The maximum Gasteiger partial charge on any atom is 0.416 e. The highest BCUT2D eigenvalue weighted by molar-refractivity contribution is 7.98. The van der Waals surface area contributed by atoms with Gasteiger partial charge in [-0.25, -0.2) is 4.98 Å². The quantitative estimate of drug-likeness (QED) is 0.486. The summed E-state index contributed by atoms with van der Waals surface area (Å²) in [6.07, 6.45) is -2.09. The minimum absolute atomic E-state index is 0.0558. The number of halogens is 3. The van der Waals surface area contributed by atoms with Crippen molar-refractivity contribution >= 4 is 23.4 Å². The van der Waals surface area contributed by atoms with Crippen molar-refractivity contribution in [2.24, 2.45) is 0 Å². The lowest BCUT2D eigenvalue weighted by Gasteiger charge is -2.15. The Kier molecular flexibility index (Phi) is 7.72. The number of nitrogens with one attached hydrogen (secondary N) is 2. The van der Waals surface area contributed by atoms with Crippen LogP contribution in [0.3, 0.4) is 0 Å². The SMILES string of the molecule is CCCOc1ccc(C(F)(F)F)cc1NC(=O)CCc1c(C)nc(SC)[nH]c1=O. The number of amides is 1. The first-order valence-corrected chi connectivity index (χ1v) is 10.2. The number of alkyl halides is 3. The molecule has 158 valence electrons. The van der Waals surface area contributed by atoms with E-state index >= 15 is 0 Å². The Morgan fingerprint density at radius 2 is 2.07 bits per heavy atom. The highest BCUT2D eigenvalue weighted by atomic mass is 32.2. The number of hydrogen-bond acceptors (Lipinski definition) is 5. The van der Waals surface area contributed by atoms with Gasteiger partial charge in [-0.1, -0.05) is 18.7 Å². The Labute approximate surface area is 170 Å². The van der Waals surface area contributed by atoms with Crippen LogP contribution in [0.1, 0.15) is 36.6 Å². The van der Waals surface area contributed by atoms with E-state index in [2.05, 4.69) is 15.3 Å². The van der Waals surface area contributed by atoms with Crippen LogP contribution in [0.2, 0.25) is 0 Å². The van der Waals surface area contributed by atoms with Crippen LogP contribution in [0.5, 0.6) is 5.75 Å². The molecule has 0 aliphatic rings. The Morgan fingerprint density at radius 3 is 2.66 bits per heavy atom. The third-order valence-corrected chi connectivity index (χ3v) is 4.62. The molecule has 0 unspecified atom stereocenters. The number of aromatic amines is 1. The van der Waals surface area contributed by atoms with Gasteiger partial charge in [-0.05, 0) is 44.2 Å². The van der Waals surface area contributed by atoms with Crippen molar-refractivity contribution in [3.63, 3.8) is 0 Å². The zero-order valence-electron chi connectivity index (χ0n) is 16.3. The minimum Gasteiger partial charge on any atom is -0.491 e. The number of rotatable bonds is 8. The van der Waals surface area contributed by atoms with Gasteiger partial charge < -0.3 is 15.0 Å². The third kappa shape index (κ3) is 6.25. The van der Waals surface area contributed by atoms with E-state index in [1.807, 2.05) is 6.92 Å². The van der Waals surface area contributed by atoms with Crippen molar-refractivity contribution in [2.75, 3.05) is 18.2 Å². The number of thioether (sulfide) groups is 1. The summed E-state index contributed by atoms with van der Waals surface area (Å²) < 4.78 is 44.5. The van der Waals surface area contributed by atoms with Gasteiger partial charge in [-0.15, -0.1) is 0 Å². The van der Waals surface area contributed by atoms with Gasteiger partial charge in [-0.3, -0.25) is 9.59 Å². The Morgan fingerprint density at radius 1 is 1.34 bits per heavy atom. The van der Waals surface area contributed by atoms with Crippen LogP contribution < -0.4 is 15.6 Å². The van der Waals surface area contributed by atoms with Gasteiger partial charge in [0.1, 0.15) is 5.75 Å². The fourth-order valence-corrected chi connectivity index (χ4v) is 2.99. The highest BCUT2D eigenvalue weighted by Crippen LogP contribution is 2.35. The molecule has 2 aromatic rings. The molecule has 0 bridgehead atoms. The average Bonchev–Trinajstić information content (AvgIpc) is 2.65. The number of aryl methyl sites for hydroxylation is 1. The molecule has 0 radical (unpaired) electrons. The van der Waals surface area contributed by atoms with Crippen molar-refractivity contribution in [3.8, 4) is 5.75 Å². The van der Waals surface area contributed by atoms with Crippen LogP contribution in [-0.2, 0) is 17.4 Å². The zero-order valence-corrected chi connectivity index (χ0v) is 17.1. The fraction of sp³-hybridized carbons (Fsp3) is 0.421. The first kappa shape index (κ1) is 22.8. The molecule has 10 heteroatoms. The van der Waals surface area contributed by atoms with Crippen molar-refractivity contribution in [2.45, 2.75) is 44.4 Å². The molecule has 0 spiro atoms. The summed E-state index contributed by atoms with van der Waals surface area (Å²) in [6, 6.07) is 2.94. The molecule has 0 saturated heterocycles. The molecule has 0 aliphatic heterocycles. The Hall–Kier alpha value is -2.49. The van der Waals surface area contributed by atoms with Crippen LogP contribution in [-0.4, -0.2) is 28.7 Å². The molecule has 0 fully saturated rings. The minimum atomic E-state index is -4.54. The van der Waals surface area contributed by atoms with Crippen LogP contribution in [0.15, 0.2) is 28.2 Å². The second-order valence-electron chi connectivity index (χ2n) is 6.24. The predicted octanol–water partition coefficient (Wildman–Crippen LogP) is 4.18.